The van der Waals surface area contributed by atoms with Crippen molar-refractivity contribution in [3.63, 3.8) is 0 Å². The molecule has 1 amide bonds. The number of carbonyl (C=O) groups excluding carboxylic acids is 1. The van der Waals surface area contributed by atoms with Crippen molar-refractivity contribution in [3.8, 4) is 0 Å². The average molecular weight is 355 g/mol. The third-order valence-electron chi connectivity index (χ3n) is 4.28. The Morgan fingerprint density at radius 1 is 1.46 bits per heavy atom. The van der Waals surface area contributed by atoms with Gasteiger partial charge in [-0.2, -0.15) is 5.16 Å². The van der Waals surface area contributed by atoms with Crippen LogP contribution in [0.4, 0.5) is 9.18 Å². The van der Waals surface area contributed by atoms with Gasteiger partial charge in [0.15, 0.2) is 0 Å². The number of hydrogen-bond acceptors (Lipinski definition) is 4. The molecule has 0 spiro atoms. The highest BCUT2D eigenvalue weighted by molar-refractivity contribution is 6.31. The van der Waals surface area contributed by atoms with Gasteiger partial charge in [0.2, 0.25) is 0 Å². The zero-order valence-corrected chi connectivity index (χ0v) is 13.7. The number of ether oxygens (including phenoxy) is 1. The molecule has 2 aromatic rings. The third-order valence-corrected chi connectivity index (χ3v) is 4.61. The standard InChI is InChI=1S/C16H16ClFN2O4/c1-23-16(22)20-5-4-9(14-8-15(21)19-24-14)6-13(20)11-3-2-10(18)7-12(11)17/h2-3,7-9,13H,4-6H2,1H3,(H,19,21)/t9-,13-/m1/s1. The molecule has 1 aromatic heterocycles. The minimum Gasteiger partial charge on any atom is -0.453 e. The Labute approximate surface area is 142 Å². The Kier molecular flexibility index (Phi) is 4.62. The predicted molar refractivity (Wildman–Crippen MR) is 84.6 cm³/mol. The Morgan fingerprint density at radius 2 is 2.25 bits per heavy atom. The molecule has 0 aliphatic carbocycles. The number of aromatic nitrogens is 1. The maximum Gasteiger partial charge on any atom is 0.409 e. The maximum absolute atomic E-state index is 13.3. The molecule has 1 saturated heterocycles. The summed E-state index contributed by atoms with van der Waals surface area (Å²) in [6, 6.07) is 5.09. The zero-order valence-electron chi connectivity index (χ0n) is 12.9. The fourth-order valence-corrected chi connectivity index (χ4v) is 3.42. The van der Waals surface area contributed by atoms with Gasteiger partial charge in [0.05, 0.1) is 13.2 Å². The van der Waals surface area contributed by atoms with E-state index in [9.17, 15) is 14.0 Å². The second kappa shape index (κ2) is 6.68. The van der Waals surface area contributed by atoms with E-state index in [1.807, 2.05) is 0 Å². The molecular weight excluding hydrogens is 339 g/mol. The summed E-state index contributed by atoms with van der Waals surface area (Å²) < 4.78 is 23.4. The number of amides is 1. The number of piperidine rings is 1. The molecule has 2 atom stereocenters. The summed E-state index contributed by atoms with van der Waals surface area (Å²) in [5.74, 6) is 0.0288. The Morgan fingerprint density at radius 3 is 2.88 bits per heavy atom. The molecule has 8 heteroatoms. The van der Waals surface area contributed by atoms with Crippen LogP contribution in [0.25, 0.3) is 0 Å². The van der Waals surface area contributed by atoms with E-state index in [1.165, 1.54) is 25.3 Å². The van der Waals surface area contributed by atoms with Crippen molar-refractivity contribution in [2.45, 2.75) is 24.8 Å². The first-order valence-corrected chi connectivity index (χ1v) is 7.85. The van der Waals surface area contributed by atoms with Gasteiger partial charge in [-0.25, -0.2) is 9.18 Å². The topological polar surface area (TPSA) is 75.5 Å². The first-order chi connectivity index (χ1) is 11.5. The third kappa shape index (κ3) is 3.17. The Bertz CT molecular complexity index is 803. The summed E-state index contributed by atoms with van der Waals surface area (Å²) in [5.41, 5.74) is 0.322. The molecule has 1 aromatic carbocycles. The van der Waals surface area contributed by atoms with Crippen LogP contribution < -0.4 is 5.56 Å². The molecular formula is C16H16ClFN2O4. The molecule has 2 heterocycles. The van der Waals surface area contributed by atoms with Gasteiger partial charge in [-0.1, -0.05) is 17.7 Å². The zero-order chi connectivity index (χ0) is 17.3. The molecule has 1 aliphatic heterocycles. The van der Waals surface area contributed by atoms with Crippen molar-refractivity contribution < 1.29 is 18.4 Å². The molecule has 1 aliphatic rings. The number of hydrogen-bond donors (Lipinski definition) is 1. The number of methoxy groups -OCH3 is 1. The van der Waals surface area contributed by atoms with Crippen LogP contribution in [0.3, 0.4) is 0 Å². The highest BCUT2D eigenvalue weighted by Crippen LogP contribution is 2.41. The smallest absolute Gasteiger partial charge is 0.409 e. The van der Waals surface area contributed by atoms with Crippen molar-refractivity contribution in [1.82, 2.24) is 10.1 Å². The number of carbonyl (C=O) groups is 1. The average Bonchev–Trinajstić information content (AvgIpc) is 3.00. The first kappa shape index (κ1) is 16.6. The molecule has 0 bridgehead atoms. The lowest BCUT2D eigenvalue weighted by Crippen LogP contribution is -2.40. The fraction of sp³-hybridized carbons (Fsp3) is 0.375. The van der Waals surface area contributed by atoms with Crippen LogP contribution >= 0.6 is 11.6 Å². The van der Waals surface area contributed by atoms with Gasteiger partial charge in [0.1, 0.15) is 11.6 Å². The van der Waals surface area contributed by atoms with E-state index in [0.29, 0.717) is 30.7 Å². The van der Waals surface area contributed by atoms with Gasteiger partial charge in [0, 0.05) is 23.6 Å². The quantitative estimate of drug-likeness (QED) is 0.896. The van der Waals surface area contributed by atoms with Gasteiger partial charge in [-0.3, -0.25) is 4.79 Å². The van der Waals surface area contributed by atoms with Crippen molar-refractivity contribution >= 4 is 17.7 Å². The minimum absolute atomic E-state index is 0.0593. The molecule has 6 nitrogen and oxygen atoms in total. The summed E-state index contributed by atoms with van der Waals surface area (Å²) in [7, 11) is 1.31. The number of nitrogens with zero attached hydrogens (tertiary/aromatic N) is 1. The highest BCUT2D eigenvalue weighted by atomic mass is 35.5. The lowest BCUT2D eigenvalue weighted by atomic mass is 9.86. The number of likely N-dealkylation sites (tertiary alicyclic amines) is 1. The van der Waals surface area contributed by atoms with Gasteiger partial charge in [0.25, 0.3) is 5.56 Å². The molecule has 0 unspecified atom stereocenters. The number of rotatable bonds is 2. The lowest BCUT2D eigenvalue weighted by molar-refractivity contribution is 0.0815. The van der Waals surface area contributed by atoms with E-state index in [-0.39, 0.29) is 16.5 Å². The second-order valence-corrected chi connectivity index (χ2v) is 6.09. The summed E-state index contributed by atoms with van der Waals surface area (Å²) in [4.78, 5) is 24.9. The van der Waals surface area contributed by atoms with E-state index >= 15 is 0 Å². The van der Waals surface area contributed by atoms with Crippen molar-refractivity contribution in [2.24, 2.45) is 0 Å². The molecule has 3 rings (SSSR count). The number of benzene rings is 1. The van der Waals surface area contributed by atoms with Crippen LogP contribution in [0, 0.1) is 5.82 Å². The number of H-pyrrole nitrogens is 1. The van der Waals surface area contributed by atoms with E-state index in [0.717, 1.165) is 0 Å². The number of halogens is 2. The summed E-state index contributed by atoms with van der Waals surface area (Å²) >= 11 is 6.18. The van der Waals surface area contributed by atoms with E-state index < -0.39 is 18.0 Å². The van der Waals surface area contributed by atoms with Crippen LogP contribution in [0.2, 0.25) is 5.02 Å². The van der Waals surface area contributed by atoms with E-state index in [1.54, 1.807) is 11.0 Å². The highest BCUT2D eigenvalue weighted by Gasteiger charge is 2.36. The van der Waals surface area contributed by atoms with Crippen molar-refractivity contribution in [2.75, 3.05) is 13.7 Å². The summed E-state index contributed by atoms with van der Waals surface area (Å²) in [6.45, 7) is 0.407. The van der Waals surface area contributed by atoms with Crippen LogP contribution in [0.15, 0.2) is 33.6 Å². The van der Waals surface area contributed by atoms with Crippen molar-refractivity contribution in [1.29, 1.82) is 0 Å². The molecule has 0 radical (unpaired) electrons. The lowest BCUT2D eigenvalue weighted by Gasteiger charge is -2.38. The maximum atomic E-state index is 13.3. The van der Waals surface area contributed by atoms with E-state index in [2.05, 4.69) is 5.16 Å². The largest absolute Gasteiger partial charge is 0.453 e. The molecule has 1 N–H and O–H groups in total. The van der Waals surface area contributed by atoms with Gasteiger partial charge < -0.3 is 14.2 Å². The van der Waals surface area contributed by atoms with Crippen LogP contribution in [0.5, 0.6) is 0 Å². The summed E-state index contributed by atoms with van der Waals surface area (Å²) in [6.07, 6.45) is 0.626. The van der Waals surface area contributed by atoms with Gasteiger partial charge in [-0.15, -0.1) is 0 Å². The van der Waals surface area contributed by atoms with Crippen molar-refractivity contribution in [3.05, 3.63) is 56.8 Å². The minimum atomic E-state index is -0.477. The van der Waals surface area contributed by atoms with Gasteiger partial charge in [-0.05, 0) is 30.5 Å². The molecule has 1 fully saturated rings. The SMILES string of the molecule is COC(=O)N1CC[C@@H](c2cc(=O)[nH]o2)C[C@@H]1c1ccc(F)cc1Cl. The van der Waals surface area contributed by atoms with Crippen LogP contribution in [-0.4, -0.2) is 29.8 Å². The monoisotopic (exact) mass is 354 g/mol. The van der Waals surface area contributed by atoms with Crippen LogP contribution in [0.1, 0.15) is 36.1 Å². The predicted octanol–water partition coefficient (Wildman–Crippen LogP) is 3.45. The molecule has 0 saturated carbocycles. The van der Waals surface area contributed by atoms with E-state index in [4.69, 9.17) is 20.9 Å². The molecule has 128 valence electrons. The van der Waals surface area contributed by atoms with Gasteiger partial charge >= 0.3 is 6.09 Å². The molecule has 24 heavy (non-hydrogen) atoms. The Balaban J connectivity index is 1.95. The van der Waals surface area contributed by atoms with Crippen LogP contribution in [-0.2, 0) is 4.74 Å². The second-order valence-electron chi connectivity index (χ2n) is 5.68. The Hall–Kier alpha value is -2.28. The number of aromatic amines is 1. The normalized spacial score (nSPS) is 20.9. The number of nitrogens with one attached hydrogen (secondary N) is 1. The fourth-order valence-electron chi connectivity index (χ4n) is 3.12. The first-order valence-electron chi connectivity index (χ1n) is 7.47. The summed E-state index contributed by atoms with van der Waals surface area (Å²) in [5, 5.41) is 2.51.